The van der Waals surface area contributed by atoms with E-state index in [-0.39, 0.29) is 43.9 Å². The molecule has 0 aliphatic rings. The summed E-state index contributed by atoms with van der Waals surface area (Å²) in [6, 6.07) is 9.61. The molecule has 0 amide bonds. The van der Waals surface area contributed by atoms with Gasteiger partial charge in [-0.05, 0) is 117 Å². The molecule has 0 spiro atoms. The predicted octanol–water partition coefficient (Wildman–Crippen LogP) is 10.0. The molecule has 1 atom stereocenters. The summed E-state index contributed by atoms with van der Waals surface area (Å²) in [4.78, 5) is 12.5. The van der Waals surface area contributed by atoms with Gasteiger partial charge in [0.25, 0.3) is 0 Å². The zero-order valence-corrected chi connectivity index (χ0v) is 40.2. The van der Waals surface area contributed by atoms with E-state index in [1.807, 2.05) is 68.0 Å². The SMILES string of the molecule is C.C/C(=C/C(C)C)c1sccc1N.C/C(=C\C(C)C)c1sccc1N.C=C(CC(C)C)c1sccc1N.Nc1ccsc1.Nc1ccsc1.O=[P+]([O-])OO.[HH].[Na+].[OH-]. The van der Waals surface area contributed by atoms with Crippen LogP contribution >= 0.6 is 64.9 Å². The standard InChI is InChI=1S/3C10H15NS.2C4H5NS.CH4.Na.HO4P.H2O.H2/c3*1-7(2)6-8(3)10-9(11)4-5-12-10;2*5-4-1-2-6-3-4;;;1-4-5(2)3;;/h2*4-7H,11H2,1-3H3;4-5,7H,3,6,11H2,1-2H3;2*1-3H,5H2;1H4;;1H;1H2;1H/q;;;;;;+1;;;/p-1/b8-6+;8-6-;;;;;;;;. The van der Waals surface area contributed by atoms with Crippen molar-refractivity contribution in [2.24, 2.45) is 17.8 Å². The predicted molar refractivity (Wildman–Crippen MR) is 251 cm³/mol. The minimum atomic E-state index is -3.04. The molecule has 0 fully saturated rings. The van der Waals surface area contributed by atoms with Crippen molar-refractivity contribution in [2.45, 2.75) is 69.2 Å². The Labute approximate surface area is 379 Å². The molecule has 5 rings (SSSR count). The molecule has 5 aromatic rings. The normalized spacial score (nSPS) is 10.5. The van der Waals surface area contributed by atoms with Gasteiger partial charge in [0.15, 0.2) is 0 Å². The van der Waals surface area contributed by atoms with Crippen molar-refractivity contribution in [3.05, 3.63) is 101 Å². The molecule has 56 heavy (non-hydrogen) atoms. The molecule has 5 heterocycles. The summed E-state index contributed by atoms with van der Waals surface area (Å²) in [6.07, 6.45) is 5.51. The molecule has 12 N–H and O–H groups in total. The monoisotopic (exact) mass is 895 g/mol. The number of thiophene rings is 5. The first kappa shape index (κ1) is 60.3. The fraction of sp³-hybridized carbons (Fsp3) is 0.333. The summed E-state index contributed by atoms with van der Waals surface area (Å²) < 4.78 is 11.6. The number of nitrogens with two attached hydrogens (primary N) is 5. The van der Waals surface area contributed by atoms with Crippen molar-refractivity contribution in [2.75, 3.05) is 28.7 Å². The van der Waals surface area contributed by atoms with Gasteiger partial charge in [0.05, 0.1) is 14.6 Å². The Morgan fingerprint density at radius 3 is 1.25 bits per heavy atom. The Bertz CT molecular complexity index is 1680. The molecule has 17 heteroatoms. The molecule has 0 bridgehead atoms. The zero-order chi connectivity index (χ0) is 40.5. The third-order valence-corrected chi connectivity index (χ3v) is 10.8. The van der Waals surface area contributed by atoms with Gasteiger partial charge >= 0.3 is 37.8 Å². The minimum Gasteiger partial charge on any atom is -0.870 e. The van der Waals surface area contributed by atoms with Crippen LogP contribution in [0.15, 0.2) is 86.7 Å². The van der Waals surface area contributed by atoms with Crippen LogP contribution in [0.3, 0.4) is 0 Å². The van der Waals surface area contributed by atoms with Gasteiger partial charge in [-0.25, -0.2) is 5.26 Å². The van der Waals surface area contributed by atoms with Crippen LogP contribution in [0.2, 0.25) is 0 Å². The van der Waals surface area contributed by atoms with Crippen LogP contribution in [0.5, 0.6) is 0 Å². The zero-order valence-electron chi connectivity index (χ0n) is 33.2. The molecule has 0 aliphatic heterocycles. The van der Waals surface area contributed by atoms with Crippen molar-refractivity contribution in [1.82, 2.24) is 0 Å². The second kappa shape index (κ2) is 34.7. The number of hydrogen-bond acceptors (Lipinski definition) is 15. The Balaban J connectivity index is -0.000000193. The molecule has 1 unspecified atom stereocenters. The number of rotatable bonds is 8. The summed E-state index contributed by atoms with van der Waals surface area (Å²) in [5.74, 6) is 1.83. The largest absolute Gasteiger partial charge is 1.00 e. The maximum atomic E-state index is 8.93. The quantitative estimate of drug-likeness (QED) is 0.0374. The van der Waals surface area contributed by atoms with Crippen molar-refractivity contribution in [1.29, 1.82) is 0 Å². The molecule has 0 aliphatic carbocycles. The van der Waals surface area contributed by atoms with E-state index in [0.717, 1.165) is 45.3 Å². The average molecular weight is 896 g/mol. The van der Waals surface area contributed by atoms with Gasteiger partial charge < -0.3 is 39.0 Å². The first-order chi connectivity index (χ1) is 24.9. The van der Waals surface area contributed by atoms with E-state index in [1.165, 1.54) is 20.9 Å². The van der Waals surface area contributed by atoms with Gasteiger partial charge in [-0.3, -0.25) is 0 Å². The smallest absolute Gasteiger partial charge is 0.870 e. The van der Waals surface area contributed by atoms with E-state index in [9.17, 15) is 0 Å². The molecule has 0 radical (unpaired) electrons. The van der Waals surface area contributed by atoms with Crippen molar-refractivity contribution in [3.63, 3.8) is 0 Å². The topological polar surface area (TPSA) is 230 Å². The molecule has 310 valence electrons. The fourth-order valence-corrected chi connectivity index (χ4v) is 7.70. The van der Waals surface area contributed by atoms with E-state index >= 15 is 0 Å². The Morgan fingerprint density at radius 2 is 1.07 bits per heavy atom. The Morgan fingerprint density at radius 1 is 0.750 bits per heavy atom. The van der Waals surface area contributed by atoms with Gasteiger partial charge in [-0.1, -0.05) is 67.7 Å². The van der Waals surface area contributed by atoms with E-state index in [0.29, 0.717) is 17.8 Å². The molecule has 0 saturated carbocycles. The molecule has 0 saturated heterocycles. The van der Waals surface area contributed by atoms with Crippen molar-refractivity contribution in [3.8, 4) is 0 Å². The van der Waals surface area contributed by atoms with E-state index < -0.39 is 8.25 Å². The summed E-state index contributed by atoms with van der Waals surface area (Å²) >= 11 is 8.32. The van der Waals surface area contributed by atoms with Crippen molar-refractivity contribution >= 4 is 110 Å². The number of allylic oxidation sites excluding steroid dienone is 5. The summed E-state index contributed by atoms with van der Waals surface area (Å²) in [6.45, 7) is 21.3. The molecule has 10 nitrogen and oxygen atoms in total. The van der Waals surface area contributed by atoms with Crippen molar-refractivity contribution < 1.29 is 55.9 Å². The first-order valence-electron chi connectivity index (χ1n) is 16.4. The number of hydrogen-bond donors (Lipinski definition) is 6. The molecular formula is C39H63N5NaO5PS5. The first-order valence-corrected chi connectivity index (χ1v) is 22.1. The molecule has 5 aromatic heterocycles. The number of nitrogen functional groups attached to an aromatic ring is 5. The second-order valence-corrected chi connectivity index (χ2v) is 17.3. The van der Waals surface area contributed by atoms with Crippen LogP contribution in [-0.4, -0.2) is 10.7 Å². The maximum Gasteiger partial charge on any atom is 1.00 e. The summed E-state index contributed by atoms with van der Waals surface area (Å²) in [7, 11) is -3.04. The molecule has 0 aromatic carbocycles. The minimum absolute atomic E-state index is 0. The van der Waals surface area contributed by atoms with Crippen LogP contribution in [0, 0.1) is 17.8 Å². The Hall–Kier alpha value is -2.34. The molecular weight excluding hydrogens is 833 g/mol. The second-order valence-electron chi connectivity index (χ2n) is 12.4. The summed E-state index contributed by atoms with van der Waals surface area (Å²) in [5, 5.41) is 20.8. The summed E-state index contributed by atoms with van der Waals surface area (Å²) in [5.41, 5.74) is 36.0. The van der Waals surface area contributed by atoms with Gasteiger partial charge in [0, 0.05) is 45.3 Å². The van der Waals surface area contributed by atoms with Crippen LogP contribution in [-0.2, 0) is 9.24 Å². The third-order valence-electron chi connectivity index (χ3n) is 6.10. The van der Waals surface area contributed by atoms with Crippen LogP contribution in [0.4, 0.5) is 28.4 Å². The van der Waals surface area contributed by atoms with Gasteiger partial charge in [0.1, 0.15) is 0 Å². The van der Waals surface area contributed by atoms with E-state index in [4.69, 9.17) is 43.4 Å². The Kier molecular flexibility index (Phi) is 37.4. The maximum absolute atomic E-state index is 8.93. The van der Waals surface area contributed by atoms with Crippen LogP contribution in [0.1, 0.15) is 85.3 Å². The van der Waals surface area contributed by atoms with Gasteiger partial charge in [0.2, 0.25) is 0 Å². The van der Waals surface area contributed by atoms with E-state index in [2.05, 4.69) is 78.8 Å². The fourth-order valence-electron chi connectivity index (χ4n) is 4.17. The van der Waals surface area contributed by atoms with Gasteiger partial charge in [-0.2, -0.15) is 22.7 Å². The number of anilines is 5. The van der Waals surface area contributed by atoms with Crippen LogP contribution < -0.4 is 63.1 Å². The van der Waals surface area contributed by atoms with Gasteiger partial charge in [-0.15, -0.1) is 34.0 Å². The van der Waals surface area contributed by atoms with Crippen LogP contribution in [0.25, 0.3) is 16.7 Å². The average Bonchev–Trinajstić information content (AvgIpc) is 3.92. The van der Waals surface area contributed by atoms with E-state index in [1.54, 1.807) is 56.7 Å². The third kappa shape index (κ3) is 29.0.